The van der Waals surface area contributed by atoms with Crippen LogP contribution in [0.3, 0.4) is 0 Å². The minimum Gasteiger partial charge on any atom is -0.356 e. The molecule has 5 nitrogen and oxygen atoms in total. The molecule has 0 bridgehead atoms. The Morgan fingerprint density at radius 2 is 1.83 bits per heavy atom. The summed E-state index contributed by atoms with van der Waals surface area (Å²) in [7, 11) is 0. The summed E-state index contributed by atoms with van der Waals surface area (Å²) in [6.07, 6.45) is 6.77. The van der Waals surface area contributed by atoms with E-state index < -0.39 is 0 Å². The van der Waals surface area contributed by atoms with Crippen LogP contribution in [-0.2, 0) is 16.0 Å². The minimum atomic E-state index is -0.226. The molecule has 3 rings (SSSR count). The average molecular weight is 404 g/mol. The SMILES string of the molecule is C[C@@H]1CCCC[C@@H]1NC(=O)CN1CCC(C(=O)NCCc2ccccc2F)CC1. The van der Waals surface area contributed by atoms with Crippen molar-refractivity contribution < 1.29 is 14.0 Å². The van der Waals surface area contributed by atoms with E-state index >= 15 is 0 Å². The number of carbonyl (C=O) groups excluding carboxylic acids is 2. The molecular weight excluding hydrogens is 369 g/mol. The van der Waals surface area contributed by atoms with Gasteiger partial charge < -0.3 is 10.6 Å². The summed E-state index contributed by atoms with van der Waals surface area (Å²) in [5, 5.41) is 6.15. The number of benzene rings is 1. The molecule has 1 heterocycles. The molecule has 1 saturated heterocycles. The van der Waals surface area contributed by atoms with Gasteiger partial charge in [-0.1, -0.05) is 38.0 Å². The van der Waals surface area contributed by atoms with Crippen molar-refractivity contribution in [1.82, 2.24) is 15.5 Å². The Bertz CT molecular complexity index is 688. The van der Waals surface area contributed by atoms with Gasteiger partial charge in [-0.15, -0.1) is 0 Å². The molecule has 0 radical (unpaired) electrons. The van der Waals surface area contributed by atoms with E-state index in [0.29, 0.717) is 37.0 Å². The van der Waals surface area contributed by atoms with Crippen LogP contribution in [-0.4, -0.2) is 48.9 Å². The van der Waals surface area contributed by atoms with Crippen LogP contribution in [0.1, 0.15) is 51.0 Å². The first-order valence-corrected chi connectivity index (χ1v) is 11.1. The molecule has 2 aliphatic rings. The number of rotatable bonds is 7. The second-order valence-corrected chi connectivity index (χ2v) is 8.62. The Labute approximate surface area is 173 Å². The second kappa shape index (κ2) is 10.7. The van der Waals surface area contributed by atoms with Crippen molar-refractivity contribution in [3.8, 4) is 0 Å². The molecule has 2 atom stereocenters. The van der Waals surface area contributed by atoms with Crippen LogP contribution in [0.15, 0.2) is 24.3 Å². The van der Waals surface area contributed by atoms with Gasteiger partial charge in [0.15, 0.2) is 0 Å². The zero-order valence-electron chi connectivity index (χ0n) is 17.5. The van der Waals surface area contributed by atoms with Crippen LogP contribution >= 0.6 is 0 Å². The number of carbonyl (C=O) groups is 2. The van der Waals surface area contributed by atoms with Crippen molar-refractivity contribution >= 4 is 11.8 Å². The lowest BCUT2D eigenvalue weighted by Gasteiger charge is -2.33. The summed E-state index contributed by atoms with van der Waals surface area (Å²) >= 11 is 0. The summed E-state index contributed by atoms with van der Waals surface area (Å²) < 4.78 is 13.6. The highest BCUT2D eigenvalue weighted by Gasteiger charge is 2.27. The maximum atomic E-state index is 13.6. The molecular formula is C23H34FN3O2. The maximum absolute atomic E-state index is 13.6. The molecule has 2 fully saturated rings. The summed E-state index contributed by atoms with van der Waals surface area (Å²) in [6, 6.07) is 6.98. The van der Waals surface area contributed by atoms with E-state index in [1.165, 1.54) is 25.3 Å². The number of hydrogen-bond donors (Lipinski definition) is 2. The van der Waals surface area contributed by atoms with E-state index in [0.717, 1.165) is 32.4 Å². The van der Waals surface area contributed by atoms with Crippen LogP contribution in [0.25, 0.3) is 0 Å². The molecule has 1 aromatic carbocycles. The number of likely N-dealkylation sites (tertiary alicyclic amines) is 1. The lowest BCUT2D eigenvalue weighted by molar-refractivity contribution is -0.127. The fourth-order valence-corrected chi connectivity index (χ4v) is 4.51. The highest BCUT2D eigenvalue weighted by Crippen LogP contribution is 2.24. The van der Waals surface area contributed by atoms with E-state index in [1.807, 2.05) is 0 Å². The summed E-state index contributed by atoms with van der Waals surface area (Å²) in [6.45, 7) is 4.62. The maximum Gasteiger partial charge on any atom is 0.234 e. The van der Waals surface area contributed by atoms with Gasteiger partial charge in [0.25, 0.3) is 0 Å². The third-order valence-corrected chi connectivity index (χ3v) is 6.43. The van der Waals surface area contributed by atoms with Crippen LogP contribution in [0, 0.1) is 17.7 Å². The van der Waals surface area contributed by atoms with Gasteiger partial charge in [0, 0.05) is 18.5 Å². The van der Waals surface area contributed by atoms with Gasteiger partial charge in [-0.2, -0.15) is 0 Å². The monoisotopic (exact) mass is 403 g/mol. The van der Waals surface area contributed by atoms with Gasteiger partial charge in [-0.25, -0.2) is 4.39 Å². The van der Waals surface area contributed by atoms with Gasteiger partial charge in [0.1, 0.15) is 5.82 Å². The Balaban J connectivity index is 1.33. The second-order valence-electron chi connectivity index (χ2n) is 8.62. The third kappa shape index (κ3) is 6.53. The Morgan fingerprint density at radius 3 is 2.55 bits per heavy atom. The lowest BCUT2D eigenvalue weighted by atomic mass is 9.86. The van der Waals surface area contributed by atoms with Crippen molar-refractivity contribution in [2.75, 3.05) is 26.2 Å². The number of nitrogens with one attached hydrogen (secondary N) is 2. The molecule has 29 heavy (non-hydrogen) atoms. The normalized spacial score (nSPS) is 23.5. The molecule has 2 N–H and O–H groups in total. The van der Waals surface area contributed by atoms with Crippen molar-refractivity contribution in [2.45, 2.75) is 57.9 Å². The fraction of sp³-hybridized carbons (Fsp3) is 0.652. The minimum absolute atomic E-state index is 0.0201. The lowest BCUT2D eigenvalue weighted by Crippen LogP contribution is -2.48. The van der Waals surface area contributed by atoms with E-state index in [1.54, 1.807) is 18.2 Å². The van der Waals surface area contributed by atoms with Crippen LogP contribution < -0.4 is 10.6 Å². The van der Waals surface area contributed by atoms with Gasteiger partial charge >= 0.3 is 0 Å². The number of amides is 2. The zero-order chi connectivity index (χ0) is 20.6. The predicted molar refractivity (Wildman–Crippen MR) is 112 cm³/mol. The van der Waals surface area contributed by atoms with E-state index in [-0.39, 0.29) is 23.5 Å². The largest absolute Gasteiger partial charge is 0.356 e. The highest BCUT2D eigenvalue weighted by atomic mass is 19.1. The Hall–Kier alpha value is -1.95. The molecule has 1 saturated carbocycles. The van der Waals surface area contributed by atoms with Gasteiger partial charge in [0.05, 0.1) is 6.54 Å². The van der Waals surface area contributed by atoms with Crippen molar-refractivity contribution in [2.24, 2.45) is 11.8 Å². The quantitative estimate of drug-likeness (QED) is 0.736. The molecule has 6 heteroatoms. The topological polar surface area (TPSA) is 61.4 Å². The molecule has 1 aliphatic heterocycles. The molecule has 160 valence electrons. The van der Waals surface area contributed by atoms with Crippen LogP contribution in [0.4, 0.5) is 4.39 Å². The van der Waals surface area contributed by atoms with Crippen molar-refractivity contribution in [1.29, 1.82) is 0 Å². The van der Waals surface area contributed by atoms with Crippen molar-refractivity contribution in [3.05, 3.63) is 35.6 Å². The molecule has 2 amide bonds. The third-order valence-electron chi connectivity index (χ3n) is 6.43. The summed E-state index contributed by atoms with van der Waals surface area (Å²) in [5.74, 6) is 0.466. The first-order chi connectivity index (χ1) is 14.0. The van der Waals surface area contributed by atoms with Gasteiger partial charge in [0.2, 0.25) is 11.8 Å². The highest BCUT2D eigenvalue weighted by molar-refractivity contribution is 5.79. The standard InChI is InChI=1S/C23H34FN3O2/c1-17-6-2-5-9-21(17)26-22(28)16-27-14-11-19(12-15-27)23(29)25-13-10-18-7-3-4-8-20(18)24/h3-4,7-8,17,19,21H,2,5-6,9-16H2,1H3,(H,25,29)(H,26,28)/t17-,21+/m1/s1. The number of halogens is 1. The molecule has 0 unspecified atom stereocenters. The van der Waals surface area contributed by atoms with Gasteiger partial charge in [-0.05, 0) is 62.7 Å². The number of nitrogens with zero attached hydrogens (tertiary/aromatic N) is 1. The van der Waals surface area contributed by atoms with E-state index in [4.69, 9.17) is 0 Å². The summed E-state index contributed by atoms with van der Waals surface area (Å²) in [5.41, 5.74) is 0.626. The fourth-order valence-electron chi connectivity index (χ4n) is 4.51. The van der Waals surface area contributed by atoms with Crippen LogP contribution in [0.5, 0.6) is 0 Å². The Kier molecular flexibility index (Phi) is 8.04. The van der Waals surface area contributed by atoms with Gasteiger partial charge in [-0.3, -0.25) is 14.5 Å². The average Bonchev–Trinajstić information content (AvgIpc) is 2.71. The predicted octanol–water partition coefficient (Wildman–Crippen LogP) is 2.89. The molecule has 1 aromatic rings. The Morgan fingerprint density at radius 1 is 1.10 bits per heavy atom. The molecule has 1 aliphatic carbocycles. The first-order valence-electron chi connectivity index (χ1n) is 11.1. The smallest absolute Gasteiger partial charge is 0.234 e. The van der Waals surface area contributed by atoms with Crippen molar-refractivity contribution in [3.63, 3.8) is 0 Å². The molecule has 0 spiro atoms. The van der Waals surface area contributed by atoms with E-state index in [2.05, 4.69) is 22.5 Å². The number of piperidine rings is 1. The zero-order valence-corrected chi connectivity index (χ0v) is 17.5. The van der Waals surface area contributed by atoms with E-state index in [9.17, 15) is 14.0 Å². The molecule has 0 aromatic heterocycles. The summed E-state index contributed by atoms with van der Waals surface area (Å²) in [4.78, 5) is 26.9. The number of hydrogen-bond acceptors (Lipinski definition) is 3. The van der Waals surface area contributed by atoms with Crippen LogP contribution in [0.2, 0.25) is 0 Å². The first kappa shape index (κ1) is 21.8.